The number of aryl methyl sites for hydroxylation is 1. The van der Waals surface area contributed by atoms with E-state index in [1.165, 1.54) is 6.07 Å². The Morgan fingerprint density at radius 1 is 1.43 bits per heavy atom. The predicted molar refractivity (Wildman–Crippen MR) is 86.9 cm³/mol. The van der Waals surface area contributed by atoms with Crippen molar-refractivity contribution < 1.29 is 17.6 Å². The normalized spacial score (nSPS) is 22.7. The molecule has 1 fully saturated rings. The predicted octanol–water partition coefficient (Wildman–Crippen LogP) is 1.19. The third kappa shape index (κ3) is 3.49. The van der Waals surface area contributed by atoms with Gasteiger partial charge in [0, 0.05) is 23.8 Å². The highest BCUT2D eigenvalue weighted by atomic mass is 32.2. The fourth-order valence-corrected chi connectivity index (χ4v) is 5.15. The SMILES string of the molecule is Cc1ccc(F)c2c1N(CC(=O)N[C@H]1CCS(=O)(=O)C1)CCC2. The van der Waals surface area contributed by atoms with E-state index in [4.69, 9.17) is 0 Å². The number of nitrogens with zero attached hydrogens (tertiary/aromatic N) is 1. The van der Waals surface area contributed by atoms with Crippen LogP contribution in [0.4, 0.5) is 10.1 Å². The Kier molecular flexibility index (Phi) is 4.31. The summed E-state index contributed by atoms with van der Waals surface area (Å²) in [7, 11) is -3.01. The lowest BCUT2D eigenvalue weighted by molar-refractivity contribution is -0.120. The monoisotopic (exact) mass is 340 g/mol. The van der Waals surface area contributed by atoms with Gasteiger partial charge in [0.05, 0.1) is 18.1 Å². The first-order valence-corrected chi connectivity index (χ1v) is 9.70. The van der Waals surface area contributed by atoms with Crippen molar-refractivity contribution in [1.29, 1.82) is 0 Å². The lowest BCUT2D eigenvalue weighted by Gasteiger charge is -2.32. The van der Waals surface area contributed by atoms with Crippen LogP contribution >= 0.6 is 0 Å². The molecule has 0 bridgehead atoms. The number of carbonyl (C=O) groups is 1. The number of hydrogen-bond donors (Lipinski definition) is 1. The zero-order valence-electron chi connectivity index (χ0n) is 13.1. The highest BCUT2D eigenvalue weighted by Crippen LogP contribution is 2.32. The maximum absolute atomic E-state index is 14.0. The molecule has 0 radical (unpaired) electrons. The van der Waals surface area contributed by atoms with Crippen molar-refractivity contribution in [2.45, 2.75) is 32.2 Å². The summed E-state index contributed by atoms with van der Waals surface area (Å²) < 4.78 is 36.9. The first-order valence-electron chi connectivity index (χ1n) is 7.88. The number of halogens is 1. The Balaban J connectivity index is 1.70. The molecule has 3 rings (SSSR count). The summed E-state index contributed by atoms with van der Waals surface area (Å²) in [6.45, 7) is 2.75. The Hall–Kier alpha value is -1.63. The van der Waals surface area contributed by atoms with Crippen LogP contribution in [0.1, 0.15) is 24.0 Å². The molecule has 0 spiro atoms. The molecule has 126 valence electrons. The van der Waals surface area contributed by atoms with Crippen LogP contribution in [0.3, 0.4) is 0 Å². The van der Waals surface area contributed by atoms with Gasteiger partial charge in [-0.2, -0.15) is 0 Å². The number of rotatable bonds is 3. The largest absolute Gasteiger partial charge is 0.362 e. The van der Waals surface area contributed by atoms with Crippen molar-refractivity contribution in [1.82, 2.24) is 5.32 Å². The van der Waals surface area contributed by atoms with Crippen LogP contribution in [-0.2, 0) is 21.1 Å². The smallest absolute Gasteiger partial charge is 0.239 e. The summed E-state index contributed by atoms with van der Waals surface area (Å²) in [5, 5.41) is 2.79. The molecule has 0 saturated carbocycles. The van der Waals surface area contributed by atoms with Gasteiger partial charge in [-0.25, -0.2) is 12.8 Å². The van der Waals surface area contributed by atoms with E-state index in [0.29, 0.717) is 24.9 Å². The van der Waals surface area contributed by atoms with Crippen molar-refractivity contribution >= 4 is 21.4 Å². The van der Waals surface area contributed by atoms with Crippen molar-refractivity contribution in [2.75, 3.05) is 29.5 Å². The summed E-state index contributed by atoms with van der Waals surface area (Å²) in [4.78, 5) is 14.1. The summed E-state index contributed by atoms with van der Waals surface area (Å²) in [6.07, 6.45) is 1.96. The Labute approximate surface area is 135 Å². The molecule has 0 unspecified atom stereocenters. The average molecular weight is 340 g/mol. The molecule has 1 aromatic rings. The highest BCUT2D eigenvalue weighted by molar-refractivity contribution is 7.91. The van der Waals surface area contributed by atoms with Gasteiger partial charge in [-0.1, -0.05) is 6.07 Å². The number of benzene rings is 1. The van der Waals surface area contributed by atoms with E-state index < -0.39 is 9.84 Å². The topological polar surface area (TPSA) is 66.5 Å². The van der Waals surface area contributed by atoms with Gasteiger partial charge in [-0.3, -0.25) is 4.79 Å². The van der Waals surface area contributed by atoms with Crippen molar-refractivity contribution in [3.8, 4) is 0 Å². The van der Waals surface area contributed by atoms with Crippen LogP contribution in [0.25, 0.3) is 0 Å². The molecule has 0 aliphatic carbocycles. The molecular formula is C16H21FN2O3S. The van der Waals surface area contributed by atoms with E-state index in [0.717, 1.165) is 17.7 Å². The number of anilines is 1. The second-order valence-corrected chi connectivity index (χ2v) is 8.61. The molecule has 2 aliphatic rings. The van der Waals surface area contributed by atoms with Gasteiger partial charge in [-0.15, -0.1) is 0 Å². The first-order chi connectivity index (χ1) is 10.9. The van der Waals surface area contributed by atoms with Gasteiger partial charge in [0.15, 0.2) is 9.84 Å². The number of carbonyl (C=O) groups excluding carboxylic acids is 1. The zero-order chi connectivity index (χ0) is 16.6. The van der Waals surface area contributed by atoms with Crippen LogP contribution in [-0.4, -0.2) is 45.0 Å². The lowest BCUT2D eigenvalue weighted by Crippen LogP contribution is -2.44. The molecule has 7 heteroatoms. The molecule has 0 aromatic heterocycles. The van der Waals surface area contributed by atoms with E-state index in [1.54, 1.807) is 6.07 Å². The standard InChI is InChI=1S/C16H21FN2O3S/c1-11-4-5-14(17)13-3-2-7-19(16(11)13)9-15(20)18-12-6-8-23(21,22)10-12/h4-5,12H,2-3,6-10H2,1H3,(H,18,20)/t12-/m0/s1. The van der Waals surface area contributed by atoms with E-state index in [2.05, 4.69) is 5.32 Å². The Bertz CT molecular complexity index is 733. The number of sulfone groups is 1. The minimum absolute atomic E-state index is 0.0168. The minimum Gasteiger partial charge on any atom is -0.362 e. The van der Waals surface area contributed by atoms with Gasteiger partial charge >= 0.3 is 0 Å². The maximum Gasteiger partial charge on any atom is 0.239 e. The average Bonchev–Trinajstić information content (AvgIpc) is 2.82. The molecule has 5 nitrogen and oxygen atoms in total. The van der Waals surface area contributed by atoms with Gasteiger partial charge in [0.25, 0.3) is 0 Å². The van der Waals surface area contributed by atoms with Crippen LogP contribution in [0.2, 0.25) is 0 Å². The number of amides is 1. The van der Waals surface area contributed by atoms with Crippen LogP contribution < -0.4 is 10.2 Å². The highest BCUT2D eigenvalue weighted by Gasteiger charge is 2.30. The Morgan fingerprint density at radius 2 is 2.22 bits per heavy atom. The quantitative estimate of drug-likeness (QED) is 0.898. The van der Waals surface area contributed by atoms with E-state index >= 15 is 0 Å². The van der Waals surface area contributed by atoms with Crippen molar-refractivity contribution in [2.24, 2.45) is 0 Å². The van der Waals surface area contributed by atoms with E-state index in [9.17, 15) is 17.6 Å². The molecular weight excluding hydrogens is 319 g/mol. The number of nitrogens with one attached hydrogen (secondary N) is 1. The van der Waals surface area contributed by atoms with Gasteiger partial charge in [0.2, 0.25) is 5.91 Å². The molecule has 1 N–H and O–H groups in total. The van der Waals surface area contributed by atoms with Crippen molar-refractivity contribution in [3.05, 3.63) is 29.1 Å². The van der Waals surface area contributed by atoms with Crippen LogP contribution in [0.15, 0.2) is 12.1 Å². The Morgan fingerprint density at radius 3 is 2.91 bits per heavy atom. The summed E-state index contributed by atoms with van der Waals surface area (Å²) in [6, 6.07) is 2.90. The van der Waals surface area contributed by atoms with E-state index in [-0.39, 0.29) is 35.8 Å². The summed E-state index contributed by atoms with van der Waals surface area (Å²) >= 11 is 0. The maximum atomic E-state index is 14.0. The van der Waals surface area contributed by atoms with Gasteiger partial charge < -0.3 is 10.2 Å². The lowest BCUT2D eigenvalue weighted by atomic mass is 9.97. The molecule has 1 atom stereocenters. The third-order valence-corrected chi connectivity index (χ3v) is 6.30. The molecule has 23 heavy (non-hydrogen) atoms. The number of hydrogen-bond acceptors (Lipinski definition) is 4. The molecule has 2 heterocycles. The van der Waals surface area contributed by atoms with Gasteiger partial charge in [0.1, 0.15) is 5.82 Å². The first kappa shape index (κ1) is 16.2. The third-order valence-electron chi connectivity index (χ3n) is 4.53. The van der Waals surface area contributed by atoms with Crippen LogP contribution in [0.5, 0.6) is 0 Å². The van der Waals surface area contributed by atoms with Crippen molar-refractivity contribution in [3.63, 3.8) is 0 Å². The van der Waals surface area contributed by atoms with Gasteiger partial charge in [-0.05, 0) is 37.8 Å². The summed E-state index contributed by atoms with van der Waals surface area (Å²) in [5.74, 6) is -0.279. The molecule has 1 aromatic carbocycles. The molecule has 1 saturated heterocycles. The molecule has 1 amide bonds. The second kappa shape index (κ2) is 6.11. The number of fused-ring (bicyclic) bond motifs is 1. The fraction of sp³-hybridized carbons (Fsp3) is 0.562. The minimum atomic E-state index is -3.01. The fourth-order valence-electron chi connectivity index (χ4n) is 3.48. The molecule has 2 aliphatic heterocycles. The zero-order valence-corrected chi connectivity index (χ0v) is 14.0. The summed E-state index contributed by atoms with van der Waals surface area (Å²) in [5.41, 5.74) is 2.44. The second-order valence-electron chi connectivity index (χ2n) is 6.38. The van der Waals surface area contributed by atoms with Crippen LogP contribution in [0, 0.1) is 12.7 Å². The van der Waals surface area contributed by atoms with E-state index in [1.807, 2.05) is 11.8 Å².